The average molecular weight is 244 g/mol. The van der Waals surface area contributed by atoms with Gasteiger partial charge in [-0.1, -0.05) is 6.92 Å². The van der Waals surface area contributed by atoms with Gasteiger partial charge in [0.1, 0.15) is 0 Å². The third kappa shape index (κ3) is 4.66. The molecule has 5 heteroatoms. The Morgan fingerprint density at radius 3 is 3.06 bits per heavy atom. The number of ether oxygens (including phenoxy) is 1. The summed E-state index contributed by atoms with van der Waals surface area (Å²) in [5.74, 6) is 1.82. The lowest BCUT2D eigenvalue weighted by molar-refractivity contribution is 0.305. The topological polar surface area (TPSA) is 47.0 Å². The van der Waals surface area contributed by atoms with E-state index in [1.807, 2.05) is 6.92 Å². The number of halogens is 1. The quantitative estimate of drug-likeness (QED) is 0.748. The minimum atomic E-state index is 0.263. The summed E-state index contributed by atoms with van der Waals surface area (Å²) in [7, 11) is 0. The molecular formula is C11H18ClN3O. The minimum Gasteiger partial charge on any atom is -0.478 e. The van der Waals surface area contributed by atoms with Crippen LogP contribution in [0.15, 0.2) is 12.3 Å². The van der Waals surface area contributed by atoms with Crippen LogP contribution in [0.2, 0.25) is 0 Å². The largest absolute Gasteiger partial charge is 0.478 e. The maximum atomic E-state index is 5.66. The van der Waals surface area contributed by atoms with Crippen molar-refractivity contribution in [2.24, 2.45) is 0 Å². The van der Waals surface area contributed by atoms with E-state index in [1.165, 1.54) is 0 Å². The maximum Gasteiger partial charge on any atom is 0.226 e. The third-order valence-electron chi connectivity index (χ3n) is 2.00. The van der Waals surface area contributed by atoms with Gasteiger partial charge in [-0.05, 0) is 19.8 Å². The van der Waals surface area contributed by atoms with Crippen molar-refractivity contribution < 1.29 is 4.74 Å². The van der Waals surface area contributed by atoms with Gasteiger partial charge in [0.05, 0.1) is 6.61 Å². The first-order chi connectivity index (χ1) is 7.76. The lowest BCUT2D eigenvalue weighted by atomic mass is 10.3. The zero-order valence-corrected chi connectivity index (χ0v) is 10.5. The predicted molar refractivity (Wildman–Crippen MR) is 66.2 cm³/mol. The molecule has 16 heavy (non-hydrogen) atoms. The highest BCUT2D eigenvalue weighted by molar-refractivity contribution is 6.17. The molecular weight excluding hydrogens is 226 g/mol. The molecule has 0 spiro atoms. The number of rotatable bonds is 7. The van der Waals surface area contributed by atoms with Gasteiger partial charge in [0, 0.05) is 24.2 Å². The van der Waals surface area contributed by atoms with E-state index in [-0.39, 0.29) is 6.04 Å². The van der Waals surface area contributed by atoms with Crippen LogP contribution in [-0.2, 0) is 0 Å². The normalized spacial score (nSPS) is 12.2. The zero-order valence-electron chi connectivity index (χ0n) is 9.74. The molecule has 1 aromatic heterocycles. The SMILES string of the molecule is CCCOc1ccnc(NC(C)CCCl)n1. The molecule has 1 atom stereocenters. The first-order valence-corrected chi connectivity index (χ1v) is 6.08. The van der Waals surface area contributed by atoms with Crippen molar-refractivity contribution >= 4 is 17.5 Å². The van der Waals surface area contributed by atoms with Crippen molar-refractivity contribution in [2.45, 2.75) is 32.7 Å². The van der Waals surface area contributed by atoms with Crippen LogP contribution in [0.5, 0.6) is 5.88 Å². The lowest BCUT2D eigenvalue weighted by Gasteiger charge is -2.12. The molecule has 1 unspecified atom stereocenters. The molecule has 1 aromatic rings. The predicted octanol–water partition coefficient (Wildman–Crippen LogP) is 2.69. The second-order valence-electron chi connectivity index (χ2n) is 3.59. The Bertz CT molecular complexity index is 309. The van der Waals surface area contributed by atoms with E-state index in [1.54, 1.807) is 12.3 Å². The van der Waals surface area contributed by atoms with Crippen LogP contribution in [0.1, 0.15) is 26.7 Å². The van der Waals surface area contributed by atoms with Gasteiger partial charge in [-0.3, -0.25) is 0 Å². The lowest BCUT2D eigenvalue weighted by Crippen LogP contribution is -2.17. The van der Waals surface area contributed by atoms with Gasteiger partial charge in [-0.25, -0.2) is 4.98 Å². The number of alkyl halides is 1. The van der Waals surface area contributed by atoms with E-state index < -0.39 is 0 Å². The van der Waals surface area contributed by atoms with Crippen molar-refractivity contribution in [1.82, 2.24) is 9.97 Å². The fraction of sp³-hybridized carbons (Fsp3) is 0.636. The van der Waals surface area contributed by atoms with E-state index in [0.717, 1.165) is 12.8 Å². The van der Waals surface area contributed by atoms with Crippen LogP contribution in [0.4, 0.5) is 5.95 Å². The van der Waals surface area contributed by atoms with Gasteiger partial charge < -0.3 is 10.1 Å². The summed E-state index contributed by atoms with van der Waals surface area (Å²) < 4.78 is 5.42. The Hall–Kier alpha value is -1.03. The van der Waals surface area contributed by atoms with Crippen molar-refractivity contribution in [3.8, 4) is 5.88 Å². The van der Waals surface area contributed by atoms with Crippen LogP contribution in [0.25, 0.3) is 0 Å². The van der Waals surface area contributed by atoms with Crippen molar-refractivity contribution in [3.05, 3.63) is 12.3 Å². The molecule has 0 radical (unpaired) electrons. The van der Waals surface area contributed by atoms with E-state index in [9.17, 15) is 0 Å². The number of nitrogens with zero attached hydrogens (tertiary/aromatic N) is 2. The summed E-state index contributed by atoms with van der Waals surface area (Å²) in [5.41, 5.74) is 0. The first kappa shape index (κ1) is 13.0. The monoisotopic (exact) mass is 243 g/mol. The maximum absolute atomic E-state index is 5.66. The van der Waals surface area contributed by atoms with Gasteiger partial charge in [-0.2, -0.15) is 4.98 Å². The van der Waals surface area contributed by atoms with Crippen LogP contribution < -0.4 is 10.1 Å². The summed E-state index contributed by atoms with van der Waals surface area (Å²) in [6.07, 6.45) is 3.54. The Morgan fingerprint density at radius 2 is 2.38 bits per heavy atom. The minimum absolute atomic E-state index is 0.263. The Morgan fingerprint density at radius 1 is 1.56 bits per heavy atom. The Balaban J connectivity index is 2.52. The van der Waals surface area contributed by atoms with Crippen molar-refractivity contribution in [2.75, 3.05) is 17.8 Å². The van der Waals surface area contributed by atoms with E-state index in [4.69, 9.17) is 16.3 Å². The molecule has 0 aliphatic rings. The molecule has 0 aliphatic heterocycles. The number of hydrogen-bond acceptors (Lipinski definition) is 4. The molecule has 0 bridgehead atoms. The van der Waals surface area contributed by atoms with Crippen LogP contribution in [0.3, 0.4) is 0 Å². The summed E-state index contributed by atoms with van der Waals surface area (Å²) in [6, 6.07) is 2.02. The van der Waals surface area contributed by atoms with Gasteiger partial charge in [0.25, 0.3) is 0 Å². The number of anilines is 1. The molecule has 4 nitrogen and oxygen atoms in total. The van der Waals surface area contributed by atoms with Crippen molar-refractivity contribution in [1.29, 1.82) is 0 Å². The second kappa shape index (κ2) is 7.28. The fourth-order valence-corrected chi connectivity index (χ4v) is 1.48. The van der Waals surface area contributed by atoms with Crippen LogP contribution in [-0.4, -0.2) is 28.5 Å². The number of hydrogen-bond donors (Lipinski definition) is 1. The molecule has 1 rings (SSSR count). The van der Waals surface area contributed by atoms with Gasteiger partial charge >= 0.3 is 0 Å². The highest BCUT2D eigenvalue weighted by atomic mass is 35.5. The molecule has 0 fully saturated rings. The highest BCUT2D eigenvalue weighted by Crippen LogP contribution is 2.10. The number of aromatic nitrogens is 2. The van der Waals surface area contributed by atoms with E-state index >= 15 is 0 Å². The molecule has 1 heterocycles. The molecule has 0 amide bonds. The molecule has 0 saturated carbocycles. The molecule has 1 N–H and O–H groups in total. The molecule has 90 valence electrons. The third-order valence-corrected chi connectivity index (χ3v) is 2.22. The van der Waals surface area contributed by atoms with Crippen LogP contribution in [0, 0.1) is 0 Å². The standard InChI is InChI=1S/C11H18ClN3O/c1-3-8-16-10-5-7-13-11(15-10)14-9(2)4-6-12/h5,7,9H,3-4,6,8H2,1-2H3,(H,13,14,15). The summed E-state index contributed by atoms with van der Waals surface area (Å²) >= 11 is 5.66. The van der Waals surface area contributed by atoms with E-state index in [0.29, 0.717) is 24.3 Å². The average Bonchev–Trinajstić information content (AvgIpc) is 2.27. The highest BCUT2D eigenvalue weighted by Gasteiger charge is 2.04. The molecule has 0 saturated heterocycles. The summed E-state index contributed by atoms with van der Waals surface area (Å²) in [6.45, 7) is 4.78. The Labute approximate surface area is 101 Å². The molecule has 0 aliphatic carbocycles. The number of nitrogens with one attached hydrogen (secondary N) is 1. The van der Waals surface area contributed by atoms with Gasteiger partial charge in [0.15, 0.2) is 0 Å². The van der Waals surface area contributed by atoms with E-state index in [2.05, 4.69) is 22.2 Å². The van der Waals surface area contributed by atoms with Crippen LogP contribution >= 0.6 is 11.6 Å². The Kier molecular flexibility index (Phi) is 5.93. The summed E-state index contributed by atoms with van der Waals surface area (Å²) in [4.78, 5) is 8.37. The van der Waals surface area contributed by atoms with Gasteiger partial charge in [0.2, 0.25) is 11.8 Å². The first-order valence-electron chi connectivity index (χ1n) is 5.54. The molecule has 0 aromatic carbocycles. The van der Waals surface area contributed by atoms with Gasteiger partial charge in [-0.15, -0.1) is 11.6 Å². The zero-order chi connectivity index (χ0) is 11.8. The van der Waals surface area contributed by atoms with Crippen molar-refractivity contribution in [3.63, 3.8) is 0 Å². The fourth-order valence-electron chi connectivity index (χ4n) is 1.15. The second-order valence-corrected chi connectivity index (χ2v) is 3.97. The summed E-state index contributed by atoms with van der Waals surface area (Å²) in [5, 5.41) is 3.17. The smallest absolute Gasteiger partial charge is 0.226 e.